The largest absolute Gasteiger partial charge is 0.395 e. The van der Waals surface area contributed by atoms with Crippen molar-refractivity contribution >= 4 is 11.7 Å². The second-order valence-corrected chi connectivity index (χ2v) is 5.47. The standard InChI is InChI=1S/C18H19N5O2/c24-10-9-19-18(25)20-16-8-4-7-15(11-16)17-13-23(22-21-17)12-14-5-2-1-3-6-14/h1-8,11,13,24H,9-10,12H2,(H2,19,20,25). The molecule has 7 heteroatoms. The first-order valence-corrected chi connectivity index (χ1v) is 7.95. The summed E-state index contributed by atoms with van der Waals surface area (Å²) in [5.74, 6) is 0. The van der Waals surface area contributed by atoms with Gasteiger partial charge in [0, 0.05) is 17.8 Å². The van der Waals surface area contributed by atoms with E-state index in [2.05, 4.69) is 20.9 Å². The van der Waals surface area contributed by atoms with Crippen molar-refractivity contribution in [1.82, 2.24) is 20.3 Å². The number of carbonyl (C=O) groups is 1. The number of nitrogens with zero attached hydrogens (tertiary/aromatic N) is 3. The van der Waals surface area contributed by atoms with Crippen LogP contribution in [0.4, 0.5) is 10.5 Å². The molecule has 0 saturated carbocycles. The van der Waals surface area contributed by atoms with Gasteiger partial charge >= 0.3 is 6.03 Å². The van der Waals surface area contributed by atoms with E-state index in [1.807, 2.05) is 54.7 Å². The highest BCUT2D eigenvalue weighted by atomic mass is 16.3. The van der Waals surface area contributed by atoms with Crippen molar-refractivity contribution in [3.8, 4) is 11.3 Å². The predicted octanol–water partition coefficient (Wildman–Crippen LogP) is 2.11. The van der Waals surface area contributed by atoms with Crippen LogP contribution in [0.5, 0.6) is 0 Å². The van der Waals surface area contributed by atoms with Gasteiger partial charge in [-0.25, -0.2) is 9.48 Å². The summed E-state index contributed by atoms with van der Waals surface area (Å²) in [6.45, 7) is 0.757. The van der Waals surface area contributed by atoms with Crippen molar-refractivity contribution in [1.29, 1.82) is 0 Å². The smallest absolute Gasteiger partial charge is 0.319 e. The van der Waals surface area contributed by atoms with Crippen LogP contribution >= 0.6 is 0 Å². The van der Waals surface area contributed by atoms with Gasteiger partial charge in [0.05, 0.1) is 19.3 Å². The summed E-state index contributed by atoms with van der Waals surface area (Å²) in [5.41, 5.74) is 3.38. The molecule has 0 aliphatic heterocycles. The Morgan fingerprint density at radius 3 is 2.76 bits per heavy atom. The zero-order chi connectivity index (χ0) is 17.5. The third kappa shape index (κ3) is 4.65. The molecule has 7 nitrogen and oxygen atoms in total. The van der Waals surface area contributed by atoms with Crippen LogP contribution < -0.4 is 10.6 Å². The molecule has 0 spiro atoms. The minimum absolute atomic E-state index is 0.0992. The maximum atomic E-state index is 11.7. The van der Waals surface area contributed by atoms with Crippen molar-refractivity contribution in [3.05, 3.63) is 66.4 Å². The number of carbonyl (C=O) groups excluding carboxylic acids is 1. The molecule has 25 heavy (non-hydrogen) atoms. The summed E-state index contributed by atoms with van der Waals surface area (Å²) in [7, 11) is 0. The molecule has 3 N–H and O–H groups in total. The lowest BCUT2D eigenvalue weighted by atomic mass is 10.1. The van der Waals surface area contributed by atoms with Gasteiger partial charge < -0.3 is 15.7 Å². The maximum Gasteiger partial charge on any atom is 0.319 e. The number of nitrogens with one attached hydrogen (secondary N) is 2. The molecule has 0 aliphatic rings. The number of benzene rings is 2. The maximum absolute atomic E-state index is 11.7. The van der Waals surface area contributed by atoms with Gasteiger partial charge in [0.2, 0.25) is 0 Å². The van der Waals surface area contributed by atoms with Crippen LogP contribution in [0.2, 0.25) is 0 Å². The van der Waals surface area contributed by atoms with E-state index in [0.717, 1.165) is 16.8 Å². The summed E-state index contributed by atoms with van der Waals surface area (Å²) in [6, 6.07) is 17.0. The van der Waals surface area contributed by atoms with Crippen LogP contribution in [0.3, 0.4) is 0 Å². The Morgan fingerprint density at radius 1 is 1.12 bits per heavy atom. The number of hydrogen-bond acceptors (Lipinski definition) is 4. The fourth-order valence-corrected chi connectivity index (χ4v) is 2.38. The highest BCUT2D eigenvalue weighted by Crippen LogP contribution is 2.20. The van der Waals surface area contributed by atoms with Crippen molar-refractivity contribution in [2.75, 3.05) is 18.5 Å². The second kappa shape index (κ2) is 8.07. The van der Waals surface area contributed by atoms with Crippen molar-refractivity contribution in [2.24, 2.45) is 0 Å². The normalized spacial score (nSPS) is 10.4. The molecule has 3 rings (SSSR count). The molecule has 0 aliphatic carbocycles. The topological polar surface area (TPSA) is 92.1 Å². The van der Waals surface area contributed by atoms with Crippen molar-refractivity contribution in [2.45, 2.75) is 6.54 Å². The van der Waals surface area contributed by atoms with E-state index >= 15 is 0 Å². The monoisotopic (exact) mass is 337 g/mol. The number of aliphatic hydroxyl groups excluding tert-OH is 1. The lowest BCUT2D eigenvalue weighted by Crippen LogP contribution is -2.30. The number of rotatable bonds is 6. The average molecular weight is 337 g/mol. The van der Waals surface area contributed by atoms with Gasteiger partial charge in [0.1, 0.15) is 5.69 Å². The molecule has 2 aromatic carbocycles. The molecule has 128 valence electrons. The number of amides is 2. The number of hydrogen-bond donors (Lipinski definition) is 3. The second-order valence-electron chi connectivity index (χ2n) is 5.47. The van der Waals surface area contributed by atoms with Gasteiger partial charge in [-0.3, -0.25) is 0 Å². The Kier molecular flexibility index (Phi) is 5.38. The minimum atomic E-state index is -0.362. The molecule has 0 fully saturated rings. The third-order valence-corrected chi connectivity index (χ3v) is 3.54. The third-order valence-electron chi connectivity index (χ3n) is 3.54. The van der Waals surface area contributed by atoms with Crippen LogP contribution in [-0.2, 0) is 6.54 Å². The summed E-state index contributed by atoms with van der Waals surface area (Å²) >= 11 is 0. The van der Waals surface area contributed by atoms with E-state index in [1.54, 1.807) is 10.7 Å². The summed E-state index contributed by atoms with van der Waals surface area (Å²) in [6.07, 6.45) is 1.87. The van der Waals surface area contributed by atoms with Gasteiger partial charge in [-0.15, -0.1) is 5.10 Å². The molecule has 0 saturated heterocycles. The van der Waals surface area contributed by atoms with E-state index in [1.165, 1.54) is 0 Å². The summed E-state index contributed by atoms with van der Waals surface area (Å²) in [5, 5.41) is 22.3. The molecule has 3 aromatic rings. The average Bonchev–Trinajstić information content (AvgIpc) is 3.09. The molecule has 0 bridgehead atoms. The number of anilines is 1. The summed E-state index contributed by atoms with van der Waals surface area (Å²) in [4.78, 5) is 11.7. The molecule has 0 atom stereocenters. The Bertz CT molecular complexity index is 832. The highest BCUT2D eigenvalue weighted by molar-refractivity contribution is 5.89. The number of aromatic nitrogens is 3. The molecule has 0 unspecified atom stereocenters. The fourth-order valence-electron chi connectivity index (χ4n) is 2.38. The lowest BCUT2D eigenvalue weighted by molar-refractivity contribution is 0.245. The Morgan fingerprint density at radius 2 is 1.96 bits per heavy atom. The van der Waals surface area contributed by atoms with Crippen LogP contribution in [-0.4, -0.2) is 39.3 Å². The van der Waals surface area contributed by atoms with Gasteiger partial charge in [-0.05, 0) is 17.7 Å². The zero-order valence-corrected chi connectivity index (χ0v) is 13.6. The van der Waals surface area contributed by atoms with E-state index < -0.39 is 0 Å². The summed E-state index contributed by atoms with van der Waals surface area (Å²) < 4.78 is 1.78. The van der Waals surface area contributed by atoms with Gasteiger partial charge in [-0.1, -0.05) is 47.7 Å². The van der Waals surface area contributed by atoms with Crippen LogP contribution in [0.1, 0.15) is 5.56 Å². The molecule has 1 aromatic heterocycles. The molecular formula is C18H19N5O2. The first kappa shape index (κ1) is 16.7. The van der Waals surface area contributed by atoms with Crippen LogP contribution in [0.15, 0.2) is 60.8 Å². The highest BCUT2D eigenvalue weighted by Gasteiger charge is 2.07. The first-order chi connectivity index (χ1) is 12.2. The first-order valence-electron chi connectivity index (χ1n) is 7.95. The van der Waals surface area contributed by atoms with E-state index in [0.29, 0.717) is 12.2 Å². The molecule has 0 radical (unpaired) electrons. The SMILES string of the molecule is O=C(NCCO)Nc1cccc(-c2cn(Cc3ccccc3)nn2)c1. The van der Waals surface area contributed by atoms with Crippen LogP contribution in [0, 0.1) is 0 Å². The lowest BCUT2D eigenvalue weighted by Gasteiger charge is -2.07. The Labute approximate surface area is 145 Å². The predicted molar refractivity (Wildman–Crippen MR) is 95.1 cm³/mol. The molecule has 2 amide bonds. The van der Waals surface area contributed by atoms with Crippen molar-refractivity contribution in [3.63, 3.8) is 0 Å². The Hall–Kier alpha value is -3.19. The quantitative estimate of drug-likeness (QED) is 0.642. The minimum Gasteiger partial charge on any atom is -0.395 e. The van der Waals surface area contributed by atoms with E-state index in [4.69, 9.17) is 5.11 Å². The molecular weight excluding hydrogens is 318 g/mol. The molecule has 1 heterocycles. The van der Waals surface area contributed by atoms with Gasteiger partial charge in [0.25, 0.3) is 0 Å². The van der Waals surface area contributed by atoms with Gasteiger partial charge in [0.15, 0.2) is 0 Å². The van der Waals surface area contributed by atoms with Crippen LogP contribution in [0.25, 0.3) is 11.3 Å². The van der Waals surface area contributed by atoms with Crippen molar-refractivity contribution < 1.29 is 9.90 Å². The van der Waals surface area contributed by atoms with Gasteiger partial charge in [-0.2, -0.15) is 0 Å². The Balaban J connectivity index is 1.70. The zero-order valence-electron chi connectivity index (χ0n) is 13.6. The number of aliphatic hydroxyl groups is 1. The van der Waals surface area contributed by atoms with E-state index in [9.17, 15) is 4.79 Å². The fraction of sp³-hybridized carbons (Fsp3) is 0.167. The van der Waals surface area contributed by atoms with E-state index in [-0.39, 0.29) is 19.2 Å². The number of urea groups is 1.